The number of nitrogens with one attached hydrogen (secondary N) is 1. The maximum absolute atomic E-state index is 11.1. The molecule has 2 rings (SSSR count). The van der Waals surface area contributed by atoms with Crippen molar-refractivity contribution in [2.45, 2.75) is 44.7 Å². The zero-order valence-electron chi connectivity index (χ0n) is 10.7. The van der Waals surface area contributed by atoms with Crippen molar-refractivity contribution in [3.63, 3.8) is 0 Å². The topological polar surface area (TPSA) is 99.0 Å². The largest absolute Gasteiger partial charge is 0.360 e. The SMILES string of the molecule is Cc1nn(C)c(N[C@@H]2CCCC[C@H]2N)c1[N+](=O)[O-]. The highest BCUT2D eigenvalue weighted by Crippen LogP contribution is 2.30. The molecule has 1 aliphatic rings. The molecule has 0 saturated heterocycles. The molecular formula is C11H19N5O2. The van der Waals surface area contributed by atoms with Crippen LogP contribution in [0.5, 0.6) is 0 Å². The molecule has 0 radical (unpaired) electrons. The van der Waals surface area contributed by atoms with Crippen molar-refractivity contribution in [3.05, 3.63) is 15.8 Å². The third-order valence-electron chi connectivity index (χ3n) is 3.51. The Morgan fingerprint density at radius 1 is 1.50 bits per heavy atom. The van der Waals surface area contributed by atoms with Crippen molar-refractivity contribution in [2.75, 3.05) is 5.32 Å². The number of aryl methyl sites for hydroxylation is 2. The Kier molecular flexibility index (Phi) is 3.51. The van der Waals surface area contributed by atoms with Gasteiger partial charge in [0.25, 0.3) is 0 Å². The van der Waals surface area contributed by atoms with Gasteiger partial charge >= 0.3 is 5.69 Å². The number of anilines is 1. The highest BCUT2D eigenvalue weighted by molar-refractivity contribution is 5.60. The number of rotatable bonds is 3. The van der Waals surface area contributed by atoms with Gasteiger partial charge in [0.1, 0.15) is 5.69 Å². The lowest BCUT2D eigenvalue weighted by Crippen LogP contribution is -2.43. The van der Waals surface area contributed by atoms with Gasteiger partial charge in [0.05, 0.1) is 4.92 Å². The van der Waals surface area contributed by atoms with Crippen LogP contribution < -0.4 is 11.1 Å². The highest BCUT2D eigenvalue weighted by atomic mass is 16.6. The Bertz CT molecular complexity index is 457. The summed E-state index contributed by atoms with van der Waals surface area (Å²) in [5.74, 6) is 0.458. The van der Waals surface area contributed by atoms with Crippen LogP contribution in [-0.2, 0) is 7.05 Å². The molecule has 1 heterocycles. The molecule has 0 bridgehead atoms. The molecule has 0 unspecified atom stereocenters. The van der Waals surface area contributed by atoms with Gasteiger partial charge in [-0.1, -0.05) is 12.8 Å². The molecule has 0 aromatic carbocycles. The average molecular weight is 253 g/mol. The fourth-order valence-corrected chi connectivity index (χ4v) is 2.54. The molecule has 7 nitrogen and oxygen atoms in total. The molecule has 0 aliphatic heterocycles. The Hall–Kier alpha value is -1.63. The Balaban J connectivity index is 2.25. The summed E-state index contributed by atoms with van der Waals surface area (Å²) in [7, 11) is 1.71. The smallest absolute Gasteiger partial charge is 0.333 e. The van der Waals surface area contributed by atoms with Crippen molar-refractivity contribution in [1.29, 1.82) is 0 Å². The van der Waals surface area contributed by atoms with Crippen LogP contribution >= 0.6 is 0 Å². The van der Waals surface area contributed by atoms with E-state index in [1.807, 2.05) is 0 Å². The van der Waals surface area contributed by atoms with Crippen LogP contribution in [0.25, 0.3) is 0 Å². The second kappa shape index (κ2) is 4.93. The first-order valence-corrected chi connectivity index (χ1v) is 6.21. The van der Waals surface area contributed by atoms with E-state index in [4.69, 9.17) is 5.73 Å². The second-order valence-electron chi connectivity index (χ2n) is 4.86. The maximum Gasteiger partial charge on any atom is 0.333 e. The minimum absolute atomic E-state index is 0.0496. The molecule has 3 N–H and O–H groups in total. The van der Waals surface area contributed by atoms with E-state index in [9.17, 15) is 10.1 Å². The van der Waals surface area contributed by atoms with Gasteiger partial charge in [0.15, 0.2) is 0 Å². The summed E-state index contributed by atoms with van der Waals surface area (Å²) >= 11 is 0. The average Bonchev–Trinajstić information content (AvgIpc) is 2.57. The summed E-state index contributed by atoms with van der Waals surface area (Å²) in [6.45, 7) is 1.64. The number of hydrogen-bond donors (Lipinski definition) is 2. The number of aromatic nitrogens is 2. The molecular weight excluding hydrogens is 234 g/mol. The fourth-order valence-electron chi connectivity index (χ4n) is 2.54. The Labute approximate surface area is 105 Å². The minimum Gasteiger partial charge on any atom is -0.360 e. The van der Waals surface area contributed by atoms with Crippen LogP contribution in [0.15, 0.2) is 0 Å². The van der Waals surface area contributed by atoms with Crippen LogP contribution in [0.1, 0.15) is 31.4 Å². The first-order chi connectivity index (χ1) is 8.50. The van der Waals surface area contributed by atoms with Gasteiger partial charge in [0, 0.05) is 19.1 Å². The van der Waals surface area contributed by atoms with Crippen LogP contribution in [0.4, 0.5) is 11.5 Å². The van der Waals surface area contributed by atoms with Gasteiger partial charge in [-0.05, 0) is 19.8 Å². The standard InChI is InChI=1S/C11H19N5O2/c1-7-10(16(17)18)11(15(2)14-7)13-9-6-4-3-5-8(9)12/h8-9,13H,3-6,12H2,1-2H3/t8-,9-/m1/s1. The van der Waals surface area contributed by atoms with Crippen LogP contribution in [-0.4, -0.2) is 26.8 Å². The Morgan fingerprint density at radius 2 is 2.17 bits per heavy atom. The van der Waals surface area contributed by atoms with Crippen LogP contribution in [0, 0.1) is 17.0 Å². The maximum atomic E-state index is 11.1. The van der Waals surface area contributed by atoms with Crippen molar-refractivity contribution in [3.8, 4) is 0 Å². The van der Waals surface area contributed by atoms with Crippen molar-refractivity contribution in [2.24, 2.45) is 12.8 Å². The first kappa shape index (κ1) is 12.8. The van der Waals surface area contributed by atoms with E-state index in [2.05, 4.69) is 10.4 Å². The summed E-state index contributed by atoms with van der Waals surface area (Å²) in [6, 6.07) is 0.140. The molecule has 1 aliphatic carbocycles. The van der Waals surface area contributed by atoms with Crippen molar-refractivity contribution in [1.82, 2.24) is 9.78 Å². The molecule has 7 heteroatoms. The van der Waals surface area contributed by atoms with E-state index in [1.165, 1.54) is 4.68 Å². The molecule has 1 saturated carbocycles. The number of hydrogen-bond acceptors (Lipinski definition) is 5. The van der Waals surface area contributed by atoms with E-state index in [1.54, 1.807) is 14.0 Å². The van der Waals surface area contributed by atoms with Gasteiger partial charge in [0.2, 0.25) is 5.82 Å². The predicted octanol–water partition coefficient (Wildman–Crippen LogP) is 1.32. The van der Waals surface area contributed by atoms with Crippen LogP contribution in [0.3, 0.4) is 0 Å². The van der Waals surface area contributed by atoms with Gasteiger partial charge in [-0.15, -0.1) is 0 Å². The second-order valence-corrected chi connectivity index (χ2v) is 4.86. The molecule has 1 aromatic heterocycles. The summed E-state index contributed by atoms with van der Waals surface area (Å²) in [4.78, 5) is 10.7. The minimum atomic E-state index is -0.390. The summed E-state index contributed by atoms with van der Waals surface area (Å²) in [6.07, 6.45) is 4.15. The molecule has 2 atom stereocenters. The quantitative estimate of drug-likeness (QED) is 0.625. The van der Waals surface area contributed by atoms with Gasteiger partial charge in [-0.25, -0.2) is 4.68 Å². The molecule has 1 aromatic rings. The monoisotopic (exact) mass is 253 g/mol. The summed E-state index contributed by atoms with van der Waals surface area (Å²) in [5.41, 5.74) is 6.52. The van der Waals surface area contributed by atoms with Crippen LogP contribution in [0.2, 0.25) is 0 Å². The summed E-state index contributed by atoms with van der Waals surface area (Å²) in [5, 5.41) is 18.4. The van der Waals surface area contributed by atoms with E-state index >= 15 is 0 Å². The number of nitrogens with two attached hydrogens (primary N) is 1. The van der Waals surface area contributed by atoms with E-state index in [-0.39, 0.29) is 22.7 Å². The molecule has 0 amide bonds. The normalized spacial score (nSPS) is 23.9. The molecule has 1 fully saturated rings. The highest BCUT2D eigenvalue weighted by Gasteiger charge is 2.29. The van der Waals surface area contributed by atoms with Gasteiger partial charge in [-0.2, -0.15) is 5.10 Å². The number of nitro groups is 1. The first-order valence-electron chi connectivity index (χ1n) is 6.21. The third kappa shape index (κ3) is 2.31. The lowest BCUT2D eigenvalue weighted by Gasteiger charge is -2.29. The lowest BCUT2D eigenvalue weighted by atomic mass is 9.91. The van der Waals surface area contributed by atoms with Gasteiger partial charge < -0.3 is 11.1 Å². The fraction of sp³-hybridized carbons (Fsp3) is 0.727. The summed E-state index contributed by atoms with van der Waals surface area (Å²) < 4.78 is 1.52. The lowest BCUT2D eigenvalue weighted by molar-refractivity contribution is -0.384. The Morgan fingerprint density at radius 3 is 2.78 bits per heavy atom. The van der Waals surface area contributed by atoms with Crippen molar-refractivity contribution < 1.29 is 4.92 Å². The van der Waals surface area contributed by atoms with E-state index in [0.29, 0.717) is 11.5 Å². The zero-order chi connectivity index (χ0) is 13.3. The zero-order valence-corrected chi connectivity index (χ0v) is 10.7. The molecule has 18 heavy (non-hydrogen) atoms. The van der Waals surface area contributed by atoms with Crippen molar-refractivity contribution >= 4 is 11.5 Å². The molecule has 100 valence electrons. The third-order valence-corrected chi connectivity index (χ3v) is 3.51. The van der Waals surface area contributed by atoms with E-state index < -0.39 is 0 Å². The van der Waals surface area contributed by atoms with Gasteiger partial charge in [-0.3, -0.25) is 10.1 Å². The number of nitrogens with zero attached hydrogens (tertiary/aromatic N) is 3. The molecule has 0 spiro atoms. The van der Waals surface area contributed by atoms with E-state index in [0.717, 1.165) is 25.7 Å². The predicted molar refractivity (Wildman–Crippen MR) is 68.5 cm³/mol.